The molecule has 0 radical (unpaired) electrons. The van der Waals surface area contributed by atoms with Crippen LogP contribution < -0.4 is 5.43 Å². The maximum Gasteiger partial charge on any atom is 0.270 e. The molecule has 6 rings (SSSR count). The van der Waals surface area contributed by atoms with Crippen LogP contribution in [0.5, 0.6) is 0 Å². The van der Waals surface area contributed by atoms with Crippen LogP contribution in [-0.2, 0) is 10.2 Å². The lowest BCUT2D eigenvalue weighted by atomic mass is 9.42. The van der Waals surface area contributed by atoms with E-state index in [9.17, 15) is 14.9 Å². The average Bonchev–Trinajstić information content (AvgIpc) is 2.73. The van der Waals surface area contributed by atoms with Crippen LogP contribution in [0.2, 0.25) is 0 Å². The number of hydrogen-bond acceptors (Lipinski definition) is 4. The van der Waals surface area contributed by atoms with E-state index in [1.165, 1.54) is 48.7 Å². The second kappa shape index (κ2) is 7.29. The highest BCUT2D eigenvalue weighted by molar-refractivity contribution is 5.86. The molecule has 6 nitrogen and oxygen atoms in total. The molecule has 1 N–H and O–H groups in total. The van der Waals surface area contributed by atoms with Gasteiger partial charge in [0, 0.05) is 17.7 Å². The normalized spacial score (nSPS) is 31.1. The van der Waals surface area contributed by atoms with E-state index < -0.39 is 4.92 Å². The molecule has 6 heteroatoms. The van der Waals surface area contributed by atoms with Crippen molar-refractivity contribution in [2.24, 2.45) is 22.4 Å². The molecule has 4 saturated carbocycles. The third-order valence-corrected chi connectivity index (χ3v) is 7.67. The highest BCUT2D eigenvalue weighted by Gasteiger charge is 2.60. The monoisotopic (exact) mass is 417 g/mol. The van der Waals surface area contributed by atoms with Gasteiger partial charge in [-0.05, 0) is 68.3 Å². The van der Waals surface area contributed by atoms with Gasteiger partial charge in [0.1, 0.15) is 0 Å². The molecule has 0 saturated heterocycles. The largest absolute Gasteiger partial charge is 0.273 e. The summed E-state index contributed by atoms with van der Waals surface area (Å²) in [6.07, 6.45) is 7.84. The molecular weight excluding hydrogens is 390 g/mol. The minimum absolute atomic E-state index is 0.000215. The Labute approximate surface area is 181 Å². The lowest BCUT2D eigenvalue weighted by Crippen LogP contribution is -2.58. The summed E-state index contributed by atoms with van der Waals surface area (Å²) < 4.78 is 0. The molecule has 0 heterocycles. The molecular formula is C25H27N3O3. The predicted molar refractivity (Wildman–Crippen MR) is 119 cm³/mol. The van der Waals surface area contributed by atoms with Crippen LogP contribution in [0.4, 0.5) is 5.69 Å². The van der Waals surface area contributed by atoms with E-state index in [1.54, 1.807) is 12.1 Å². The summed E-state index contributed by atoms with van der Waals surface area (Å²) in [7, 11) is 0. The summed E-state index contributed by atoms with van der Waals surface area (Å²) in [4.78, 5) is 23.9. The SMILES string of the molecule is Cc1ccc(C23CC4CC(CC(C(=O)NN=Cc5cccc([N+](=O)[O-])c5)(C4)C2)C3)cc1. The molecule has 2 aromatic rings. The van der Waals surface area contributed by atoms with Crippen molar-refractivity contribution in [3.63, 3.8) is 0 Å². The summed E-state index contributed by atoms with van der Waals surface area (Å²) in [5.74, 6) is 1.18. The first kappa shape index (κ1) is 19.9. The number of benzene rings is 2. The lowest BCUT2D eigenvalue weighted by molar-refractivity contribution is -0.384. The summed E-state index contributed by atoms with van der Waals surface area (Å²) in [6, 6.07) is 15.1. The number of amides is 1. The molecule has 160 valence electrons. The second-order valence-corrected chi connectivity index (χ2v) is 9.94. The Morgan fingerprint density at radius 1 is 1.13 bits per heavy atom. The number of nitrogens with one attached hydrogen (secondary N) is 1. The Kier molecular flexibility index (Phi) is 4.68. The summed E-state index contributed by atoms with van der Waals surface area (Å²) in [5, 5.41) is 15.1. The van der Waals surface area contributed by atoms with Gasteiger partial charge in [-0.15, -0.1) is 0 Å². The van der Waals surface area contributed by atoms with Crippen molar-refractivity contribution in [1.29, 1.82) is 0 Å². The van der Waals surface area contributed by atoms with Gasteiger partial charge in [0.2, 0.25) is 5.91 Å². The Balaban J connectivity index is 1.36. The fraction of sp³-hybridized carbons (Fsp3) is 0.440. The number of rotatable bonds is 5. The molecule has 1 amide bonds. The zero-order valence-electron chi connectivity index (χ0n) is 17.7. The number of nitrogens with zero attached hydrogens (tertiary/aromatic N) is 2. The van der Waals surface area contributed by atoms with Crippen LogP contribution in [0.3, 0.4) is 0 Å². The zero-order valence-corrected chi connectivity index (χ0v) is 17.7. The summed E-state index contributed by atoms with van der Waals surface area (Å²) in [5.41, 5.74) is 5.75. The number of carbonyl (C=O) groups is 1. The molecule has 4 bridgehead atoms. The molecule has 31 heavy (non-hydrogen) atoms. The van der Waals surface area contributed by atoms with E-state index >= 15 is 0 Å². The van der Waals surface area contributed by atoms with Crippen molar-refractivity contribution >= 4 is 17.8 Å². The van der Waals surface area contributed by atoms with Crippen molar-refractivity contribution in [3.05, 3.63) is 75.3 Å². The van der Waals surface area contributed by atoms with Crippen molar-refractivity contribution in [3.8, 4) is 0 Å². The van der Waals surface area contributed by atoms with Crippen molar-refractivity contribution < 1.29 is 9.72 Å². The molecule has 0 aliphatic heterocycles. The molecule has 2 atom stereocenters. The number of non-ortho nitro benzene ring substituents is 1. The van der Waals surface area contributed by atoms with E-state index in [-0.39, 0.29) is 22.4 Å². The number of nitro groups is 1. The third kappa shape index (κ3) is 3.54. The molecule has 2 aromatic carbocycles. The Bertz CT molecular complexity index is 1050. The first-order valence-corrected chi connectivity index (χ1v) is 11.0. The van der Waals surface area contributed by atoms with Gasteiger partial charge in [-0.1, -0.05) is 42.0 Å². The van der Waals surface area contributed by atoms with Crippen LogP contribution in [0, 0.1) is 34.3 Å². The van der Waals surface area contributed by atoms with Crippen molar-refractivity contribution in [2.75, 3.05) is 0 Å². The van der Waals surface area contributed by atoms with Gasteiger partial charge in [0.15, 0.2) is 0 Å². The predicted octanol–water partition coefficient (Wildman–Crippen LogP) is 4.89. The highest BCUT2D eigenvalue weighted by atomic mass is 16.6. The van der Waals surface area contributed by atoms with E-state index in [0.29, 0.717) is 17.4 Å². The molecule has 4 aliphatic carbocycles. The van der Waals surface area contributed by atoms with Gasteiger partial charge in [-0.25, -0.2) is 5.43 Å². The van der Waals surface area contributed by atoms with Gasteiger partial charge in [-0.3, -0.25) is 14.9 Å². The Hall–Kier alpha value is -3.02. The van der Waals surface area contributed by atoms with Crippen LogP contribution in [0.15, 0.2) is 53.6 Å². The molecule has 0 aromatic heterocycles. The second-order valence-electron chi connectivity index (χ2n) is 9.94. The van der Waals surface area contributed by atoms with Crippen LogP contribution in [-0.4, -0.2) is 17.0 Å². The average molecular weight is 418 g/mol. The fourth-order valence-corrected chi connectivity index (χ4v) is 6.78. The highest BCUT2D eigenvalue weighted by Crippen LogP contribution is 2.65. The van der Waals surface area contributed by atoms with Gasteiger partial charge in [0.25, 0.3) is 5.69 Å². The van der Waals surface area contributed by atoms with Crippen molar-refractivity contribution in [2.45, 2.75) is 50.9 Å². The summed E-state index contributed by atoms with van der Waals surface area (Å²) in [6.45, 7) is 2.11. The van der Waals surface area contributed by atoms with E-state index in [0.717, 1.165) is 19.3 Å². The standard InChI is InChI=1S/C25H27N3O3/c1-17-5-7-21(8-6-17)24-11-19-9-20(12-24)14-25(13-19,16-24)23(29)27-26-15-18-3-2-4-22(10-18)28(30)31/h2-8,10,15,19-20H,9,11-14,16H2,1H3,(H,27,29). The first-order chi connectivity index (χ1) is 14.9. The Morgan fingerprint density at radius 3 is 2.52 bits per heavy atom. The minimum atomic E-state index is -0.435. The number of aryl methyl sites for hydroxylation is 1. The first-order valence-electron chi connectivity index (χ1n) is 11.0. The van der Waals surface area contributed by atoms with E-state index in [2.05, 4.69) is 41.7 Å². The minimum Gasteiger partial charge on any atom is -0.273 e. The fourth-order valence-electron chi connectivity index (χ4n) is 6.78. The quantitative estimate of drug-likeness (QED) is 0.427. The van der Waals surface area contributed by atoms with Gasteiger partial charge >= 0.3 is 0 Å². The Morgan fingerprint density at radius 2 is 1.84 bits per heavy atom. The number of nitro benzene ring substituents is 1. The molecule has 0 spiro atoms. The topological polar surface area (TPSA) is 84.6 Å². The van der Waals surface area contributed by atoms with Crippen LogP contribution in [0.25, 0.3) is 0 Å². The van der Waals surface area contributed by atoms with Crippen LogP contribution in [0.1, 0.15) is 55.2 Å². The molecule has 4 aliphatic rings. The van der Waals surface area contributed by atoms with Gasteiger partial charge in [0.05, 0.1) is 16.6 Å². The van der Waals surface area contributed by atoms with E-state index in [4.69, 9.17) is 0 Å². The maximum absolute atomic E-state index is 13.4. The number of hydrogen-bond donors (Lipinski definition) is 1. The molecule has 2 unspecified atom stereocenters. The van der Waals surface area contributed by atoms with Crippen LogP contribution >= 0.6 is 0 Å². The van der Waals surface area contributed by atoms with Gasteiger partial charge in [-0.2, -0.15) is 5.10 Å². The zero-order chi connectivity index (χ0) is 21.6. The lowest BCUT2D eigenvalue weighted by Gasteiger charge is -2.61. The molecule has 4 fully saturated rings. The number of hydrazone groups is 1. The van der Waals surface area contributed by atoms with Crippen molar-refractivity contribution in [1.82, 2.24) is 5.43 Å². The van der Waals surface area contributed by atoms with E-state index in [1.807, 2.05) is 0 Å². The third-order valence-electron chi connectivity index (χ3n) is 7.67. The maximum atomic E-state index is 13.4. The van der Waals surface area contributed by atoms with Gasteiger partial charge < -0.3 is 0 Å². The number of carbonyl (C=O) groups excluding carboxylic acids is 1. The summed E-state index contributed by atoms with van der Waals surface area (Å²) >= 11 is 0. The smallest absolute Gasteiger partial charge is 0.270 e.